The van der Waals surface area contributed by atoms with Gasteiger partial charge in [-0.05, 0) is 39.2 Å². The summed E-state index contributed by atoms with van der Waals surface area (Å²) < 4.78 is 6.28. The number of anilines is 2. The van der Waals surface area contributed by atoms with E-state index in [2.05, 4.69) is 34.4 Å². The third kappa shape index (κ3) is 2.65. The number of nitrogens with two attached hydrogens (primary N) is 2. The molecule has 3 heterocycles. The Balaban J connectivity index is 0.000000753. The highest BCUT2D eigenvalue weighted by molar-refractivity contribution is 5.89. The minimum Gasteiger partial charge on any atom is -0.455 e. The average Bonchev–Trinajstić information content (AvgIpc) is 3.17. The molecule has 1 saturated heterocycles. The van der Waals surface area contributed by atoms with Crippen molar-refractivity contribution in [2.24, 2.45) is 5.73 Å². The van der Waals surface area contributed by atoms with Gasteiger partial charge in [0.1, 0.15) is 11.3 Å². The molecule has 4 N–H and O–H groups in total. The molecular weight excluding hydrogens is 290 g/mol. The van der Waals surface area contributed by atoms with Crippen LogP contribution < -0.4 is 16.4 Å². The van der Waals surface area contributed by atoms with Gasteiger partial charge in [-0.15, -0.1) is 0 Å². The number of fused-ring (bicyclic) bond motifs is 3. The van der Waals surface area contributed by atoms with Crippen molar-refractivity contribution in [2.75, 3.05) is 30.8 Å². The van der Waals surface area contributed by atoms with Crippen LogP contribution in [0.4, 0.5) is 11.8 Å². The summed E-state index contributed by atoms with van der Waals surface area (Å²) in [6, 6.07) is 0. The fourth-order valence-electron chi connectivity index (χ4n) is 3.77. The van der Waals surface area contributed by atoms with E-state index in [0.717, 1.165) is 48.6 Å². The first-order chi connectivity index (χ1) is 11.1. The standard InChI is InChI=1S/C16H22N4O.CH5N/c1-16(2)7-5-6-10-11-12(21-13(10)16)14(19-15(17)18-11)20-8-3-4-9-20;1-2/h3-9H2,1-2H3,(H2,17,18,19);2H2,1H3. The fraction of sp³-hybridized carbons (Fsp3) is 0.647. The van der Waals surface area contributed by atoms with Crippen LogP contribution in [0, 0.1) is 0 Å². The minimum absolute atomic E-state index is 0.0747. The van der Waals surface area contributed by atoms with E-state index in [9.17, 15) is 0 Å². The highest BCUT2D eigenvalue weighted by Gasteiger charge is 2.35. The zero-order valence-electron chi connectivity index (χ0n) is 14.4. The van der Waals surface area contributed by atoms with Crippen molar-refractivity contribution < 1.29 is 4.42 Å². The van der Waals surface area contributed by atoms with E-state index in [-0.39, 0.29) is 5.41 Å². The first kappa shape index (κ1) is 16.1. The number of hydrogen-bond acceptors (Lipinski definition) is 6. The summed E-state index contributed by atoms with van der Waals surface area (Å²) in [4.78, 5) is 11.2. The number of furan rings is 1. The van der Waals surface area contributed by atoms with E-state index in [4.69, 9.17) is 10.2 Å². The van der Waals surface area contributed by atoms with Crippen molar-refractivity contribution in [3.05, 3.63) is 11.3 Å². The third-order valence-corrected chi connectivity index (χ3v) is 4.88. The lowest BCUT2D eigenvalue weighted by Crippen LogP contribution is -2.22. The molecule has 1 aliphatic heterocycles. The predicted octanol–water partition coefficient (Wildman–Crippen LogP) is 2.59. The molecule has 2 aromatic rings. The Bertz CT molecular complexity index is 701. The molecule has 0 unspecified atom stereocenters. The van der Waals surface area contributed by atoms with Gasteiger partial charge in [-0.25, -0.2) is 4.98 Å². The molecule has 126 valence electrons. The van der Waals surface area contributed by atoms with E-state index in [1.807, 2.05) is 0 Å². The normalized spacial score (nSPS) is 19.4. The minimum atomic E-state index is 0.0747. The van der Waals surface area contributed by atoms with Crippen molar-refractivity contribution in [2.45, 2.75) is 51.4 Å². The fourth-order valence-corrected chi connectivity index (χ4v) is 3.77. The van der Waals surface area contributed by atoms with Gasteiger partial charge in [0, 0.05) is 24.1 Å². The van der Waals surface area contributed by atoms with Gasteiger partial charge >= 0.3 is 0 Å². The second kappa shape index (κ2) is 6.00. The van der Waals surface area contributed by atoms with Crippen molar-refractivity contribution in [3.8, 4) is 0 Å². The van der Waals surface area contributed by atoms with Gasteiger partial charge in [-0.3, -0.25) is 0 Å². The van der Waals surface area contributed by atoms with Gasteiger partial charge in [0.15, 0.2) is 11.4 Å². The number of aromatic nitrogens is 2. The maximum absolute atomic E-state index is 6.28. The highest BCUT2D eigenvalue weighted by atomic mass is 16.3. The van der Waals surface area contributed by atoms with Gasteiger partial charge in [-0.1, -0.05) is 13.8 Å². The number of aryl methyl sites for hydroxylation is 1. The molecule has 0 spiro atoms. The van der Waals surface area contributed by atoms with Crippen molar-refractivity contribution >= 4 is 22.9 Å². The second-order valence-electron chi connectivity index (χ2n) is 6.92. The Morgan fingerprint density at radius 1 is 1.09 bits per heavy atom. The van der Waals surface area contributed by atoms with Crippen molar-refractivity contribution in [3.63, 3.8) is 0 Å². The topological polar surface area (TPSA) is 94.2 Å². The SMILES string of the molecule is CC1(C)CCCc2c1oc1c(N3CCCC3)nc(N)nc21.CN. The Labute approximate surface area is 137 Å². The lowest BCUT2D eigenvalue weighted by atomic mass is 9.77. The molecule has 0 amide bonds. The summed E-state index contributed by atoms with van der Waals surface area (Å²) in [7, 11) is 1.50. The lowest BCUT2D eigenvalue weighted by molar-refractivity contribution is 0.345. The maximum atomic E-state index is 6.28. The number of nitrogens with zero attached hydrogens (tertiary/aromatic N) is 3. The summed E-state index contributed by atoms with van der Waals surface area (Å²) in [6.45, 7) is 6.56. The largest absolute Gasteiger partial charge is 0.455 e. The first-order valence-corrected chi connectivity index (χ1v) is 8.48. The molecule has 0 atom stereocenters. The Morgan fingerprint density at radius 3 is 2.48 bits per heavy atom. The maximum Gasteiger partial charge on any atom is 0.222 e. The van der Waals surface area contributed by atoms with Crippen LogP contribution in [-0.2, 0) is 11.8 Å². The van der Waals surface area contributed by atoms with Gasteiger partial charge < -0.3 is 20.8 Å². The Morgan fingerprint density at radius 2 is 1.78 bits per heavy atom. The lowest BCUT2D eigenvalue weighted by Gasteiger charge is -2.27. The molecule has 2 aliphatic rings. The van der Waals surface area contributed by atoms with E-state index in [1.165, 1.54) is 31.9 Å². The molecular formula is C17H27N5O. The molecule has 4 rings (SSSR count). The van der Waals surface area contributed by atoms with Crippen LogP contribution >= 0.6 is 0 Å². The molecule has 1 aliphatic carbocycles. The molecule has 0 aromatic carbocycles. The van der Waals surface area contributed by atoms with Crippen molar-refractivity contribution in [1.82, 2.24) is 9.97 Å². The van der Waals surface area contributed by atoms with Crippen LogP contribution in [0.3, 0.4) is 0 Å². The van der Waals surface area contributed by atoms with Crippen LogP contribution in [0.5, 0.6) is 0 Å². The smallest absolute Gasteiger partial charge is 0.222 e. The molecule has 0 bridgehead atoms. The monoisotopic (exact) mass is 317 g/mol. The predicted molar refractivity (Wildman–Crippen MR) is 93.7 cm³/mol. The molecule has 1 fully saturated rings. The number of rotatable bonds is 1. The van der Waals surface area contributed by atoms with E-state index in [0.29, 0.717) is 5.95 Å². The molecule has 0 radical (unpaired) electrons. The summed E-state index contributed by atoms with van der Waals surface area (Å²) in [5.41, 5.74) is 13.6. The Kier molecular flexibility index (Phi) is 4.19. The van der Waals surface area contributed by atoms with Gasteiger partial charge in [0.25, 0.3) is 0 Å². The third-order valence-electron chi connectivity index (χ3n) is 4.88. The van der Waals surface area contributed by atoms with Gasteiger partial charge in [0.05, 0.1) is 0 Å². The van der Waals surface area contributed by atoms with Crippen LogP contribution in [0.25, 0.3) is 11.1 Å². The summed E-state index contributed by atoms with van der Waals surface area (Å²) >= 11 is 0. The number of nitrogen functional groups attached to an aromatic ring is 1. The van der Waals surface area contributed by atoms with Crippen molar-refractivity contribution in [1.29, 1.82) is 0 Å². The van der Waals surface area contributed by atoms with Crippen LogP contribution in [0.2, 0.25) is 0 Å². The van der Waals surface area contributed by atoms with Gasteiger partial charge in [0.2, 0.25) is 5.95 Å². The summed E-state index contributed by atoms with van der Waals surface area (Å²) in [5, 5.41) is 0. The summed E-state index contributed by atoms with van der Waals surface area (Å²) in [5.74, 6) is 2.33. The van der Waals surface area contributed by atoms with Crippen LogP contribution in [0.1, 0.15) is 50.9 Å². The first-order valence-electron chi connectivity index (χ1n) is 8.48. The number of hydrogen-bond donors (Lipinski definition) is 2. The van der Waals surface area contributed by atoms with Crippen LogP contribution in [0.15, 0.2) is 4.42 Å². The molecule has 6 heteroatoms. The Hall–Kier alpha value is -1.82. The summed E-state index contributed by atoms with van der Waals surface area (Å²) in [6.07, 6.45) is 5.77. The van der Waals surface area contributed by atoms with Crippen LogP contribution in [-0.4, -0.2) is 30.1 Å². The van der Waals surface area contributed by atoms with E-state index >= 15 is 0 Å². The quantitative estimate of drug-likeness (QED) is 0.839. The second-order valence-corrected chi connectivity index (χ2v) is 6.92. The van der Waals surface area contributed by atoms with E-state index in [1.54, 1.807) is 0 Å². The molecule has 23 heavy (non-hydrogen) atoms. The molecule has 6 nitrogen and oxygen atoms in total. The molecule has 0 saturated carbocycles. The zero-order chi connectivity index (χ0) is 16.6. The highest BCUT2D eigenvalue weighted by Crippen LogP contribution is 2.43. The van der Waals surface area contributed by atoms with Gasteiger partial charge in [-0.2, -0.15) is 4.98 Å². The van der Waals surface area contributed by atoms with E-state index < -0.39 is 0 Å². The zero-order valence-corrected chi connectivity index (χ0v) is 14.4. The molecule has 2 aromatic heterocycles. The average molecular weight is 317 g/mol.